The van der Waals surface area contributed by atoms with Crippen molar-refractivity contribution in [2.75, 3.05) is 6.61 Å². The summed E-state index contributed by atoms with van der Waals surface area (Å²) in [6, 6.07) is 9.54. The van der Waals surface area contributed by atoms with Gasteiger partial charge in [0.25, 0.3) is 0 Å². The Kier molecular flexibility index (Phi) is 4.71. The van der Waals surface area contributed by atoms with Crippen LogP contribution in [0.4, 0.5) is 0 Å². The van der Waals surface area contributed by atoms with Crippen molar-refractivity contribution in [3.05, 3.63) is 48.0 Å². The monoisotopic (exact) mass is 260 g/mol. The number of amides is 1. The largest absolute Gasteiger partial charge is 0.394 e. The predicted molar refractivity (Wildman–Crippen MR) is 74.4 cm³/mol. The standard InChI is InChI=1S/C15H20N2O2/c16-13-7-6-12(9-13)15(19)17-14(10-18)8-11-4-2-1-3-5-11/h1-7,12-14,18H,8-10,16H2,(H,17,19)/t12?,13?,14-/m1/s1. The Morgan fingerprint density at radius 2 is 2.11 bits per heavy atom. The molecule has 0 fully saturated rings. The Hall–Kier alpha value is -1.65. The Morgan fingerprint density at radius 3 is 2.68 bits per heavy atom. The van der Waals surface area contributed by atoms with Crippen LogP contribution < -0.4 is 11.1 Å². The molecule has 0 radical (unpaired) electrons. The highest BCUT2D eigenvalue weighted by atomic mass is 16.3. The summed E-state index contributed by atoms with van der Waals surface area (Å²) in [5.74, 6) is -0.223. The van der Waals surface area contributed by atoms with Crippen molar-refractivity contribution >= 4 is 5.91 Å². The van der Waals surface area contributed by atoms with E-state index in [-0.39, 0.29) is 30.5 Å². The van der Waals surface area contributed by atoms with Gasteiger partial charge in [0.15, 0.2) is 0 Å². The molecule has 3 atom stereocenters. The van der Waals surface area contributed by atoms with Gasteiger partial charge in [-0.1, -0.05) is 42.5 Å². The van der Waals surface area contributed by atoms with E-state index in [1.165, 1.54) is 0 Å². The molecule has 0 aromatic heterocycles. The highest BCUT2D eigenvalue weighted by molar-refractivity contribution is 5.81. The van der Waals surface area contributed by atoms with Crippen molar-refractivity contribution in [1.82, 2.24) is 5.32 Å². The van der Waals surface area contributed by atoms with Crippen LogP contribution >= 0.6 is 0 Å². The van der Waals surface area contributed by atoms with Gasteiger partial charge in [-0.05, 0) is 18.4 Å². The summed E-state index contributed by atoms with van der Waals surface area (Å²) in [5, 5.41) is 12.3. The average Bonchev–Trinajstić information content (AvgIpc) is 2.86. The number of hydrogen-bond acceptors (Lipinski definition) is 3. The normalized spacial score (nSPS) is 23.3. The van der Waals surface area contributed by atoms with E-state index in [4.69, 9.17) is 5.73 Å². The smallest absolute Gasteiger partial charge is 0.227 e. The number of benzene rings is 1. The summed E-state index contributed by atoms with van der Waals surface area (Å²) < 4.78 is 0. The summed E-state index contributed by atoms with van der Waals surface area (Å²) >= 11 is 0. The number of aliphatic hydroxyl groups is 1. The SMILES string of the molecule is NC1C=CC(C(=O)N[C@@H](CO)Cc2ccccc2)C1. The first-order chi connectivity index (χ1) is 9.19. The number of hydrogen-bond donors (Lipinski definition) is 3. The van der Waals surface area contributed by atoms with Gasteiger partial charge in [-0.25, -0.2) is 0 Å². The first-order valence-corrected chi connectivity index (χ1v) is 6.58. The van der Waals surface area contributed by atoms with Crippen LogP contribution in [0.5, 0.6) is 0 Å². The zero-order chi connectivity index (χ0) is 13.7. The Bertz CT molecular complexity index is 445. The molecule has 0 saturated heterocycles. The highest BCUT2D eigenvalue weighted by Gasteiger charge is 2.24. The molecule has 19 heavy (non-hydrogen) atoms. The van der Waals surface area contributed by atoms with Crippen LogP contribution in [0.3, 0.4) is 0 Å². The van der Waals surface area contributed by atoms with Crippen LogP contribution in [-0.4, -0.2) is 29.7 Å². The van der Waals surface area contributed by atoms with Gasteiger partial charge in [-0.3, -0.25) is 4.79 Å². The molecule has 1 aliphatic rings. The van der Waals surface area contributed by atoms with Gasteiger partial charge in [-0.15, -0.1) is 0 Å². The number of nitrogens with one attached hydrogen (secondary N) is 1. The maximum atomic E-state index is 12.0. The van der Waals surface area contributed by atoms with Crippen molar-refractivity contribution < 1.29 is 9.90 Å². The van der Waals surface area contributed by atoms with Gasteiger partial charge < -0.3 is 16.2 Å². The molecule has 102 valence electrons. The van der Waals surface area contributed by atoms with Crippen molar-refractivity contribution in [3.8, 4) is 0 Å². The third-order valence-corrected chi connectivity index (χ3v) is 3.35. The van der Waals surface area contributed by atoms with Gasteiger partial charge in [0.2, 0.25) is 5.91 Å². The number of nitrogens with two attached hydrogens (primary N) is 1. The van der Waals surface area contributed by atoms with Gasteiger partial charge in [0.05, 0.1) is 18.6 Å². The fourth-order valence-electron chi connectivity index (χ4n) is 2.29. The molecule has 4 N–H and O–H groups in total. The van der Waals surface area contributed by atoms with Crippen LogP contribution in [0.25, 0.3) is 0 Å². The molecule has 0 spiro atoms. The average molecular weight is 260 g/mol. The van der Waals surface area contributed by atoms with Crippen molar-refractivity contribution in [1.29, 1.82) is 0 Å². The maximum absolute atomic E-state index is 12.0. The van der Waals surface area contributed by atoms with E-state index in [0.717, 1.165) is 5.56 Å². The van der Waals surface area contributed by atoms with Crippen LogP contribution in [0, 0.1) is 5.92 Å². The minimum atomic E-state index is -0.250. The molecule has 1 amide bonds. The lowest BCUT2D eigenvalue weighted by molar-refractivity contribution is -0.124. The van der Waals surface area contributed by atoms with Gasteiger partial charge in [0.1, 0.15) is 0 Å². The molecule has 1 aliphatic carbocycles. The highest BCUT2D eigenvalue weighted by Crippen LogP contribution is 2.16. The van der Waals surface area contributed by atoms with E-state index in [2.05, 4.69) is 5.32 Å². The summed E-state index contributed by atoms with van der Waals surface area (Å²) in [7, 11) is 0. The molecule has 4 heteroatoms. The third-order valence-electron chi connectivity index (χ3n) is 3.35. The second kappa shape index (κ2) is 6.50. The minimum Gasteiger partial charge on any atom is -0.394 e. The van der Waals surface area contributed by atoms with E-state index in [1.807, 2.05) is 42.5 Å². The lowest BCUT2D eigenvalue weighted by Crippen LogP contribution is -2.42. The van der Waals surface area contributed by atoms with Crippen LogP contribution in [-0.2, 0) is 11.2 Å². The Labute approximate surface area is 113 Å². The maximum Gasteiger partial charge on any atom is 0.227 e. The van der Waals surface area contributed by atoms with E-state index < -0.39 is 0 Å². The number of aliphatic hydroxyl groups excluding tert-OH is 1. The lowest BCUT2D eigenvalue weighted by Gasteiger charge is -2.18. The molecule has 0 aliphatic heterocycles. The molecule has 0 bridgehead atoms. The van der Waals surface area contributed by atoms with Gasteiger partial charge in [-0.2, -0.15) is 0 Å². The first-order valence-electron chi connectivity index (χ1n) is 6.58. The Morgan fingerprint density at radius 1 is 1.37 bits per heavy atom. The number of carbonyl (C=O) groups is 1. The minimum absolute atomic E-state index is 0.0301. The van der Waals surface area contributed by atoms with Crippen molar-refractivity contribution in [3.63, 3.8) is 0 Å². The topological polar surface area (TPSA) is 75.4 Å². The molecule has 2 rings (SSSR count). The van der Waals surface area contributed by atoms with Crippen LogP contribution in [0.15, 0.2) is 42.5 Å². The molecule has 0 heterocycles. The third kappa shape index (κ3) is 3.91. The van der Waals surface area contributed by atoms with Crippen molar-refractivity contribution in [2.45, 2.75) is 24.9 Å². The van der Waals surface area contributed by atoms with Gasteiger partial charge >= 0.3 is 0 Å². The summed E-state index contributed by atoms with van der Waals surface area (Å²) in [6.07, 6.45) is 4.98. The zero-order valence-corrected chi connectivity index (χ0v) is 10.8. The lowest BCUT2D eigenvalue weighted by atomic mass is 10.0. The van der Waals surface area contributed by atoms with Gasteiger partial charge in [0, 0.05) is 6.04 Å². The molecule has 4 nitrogen and oxygen atoms in total. The first kappa shape index (κ1) is 13.8. The van der Waals surface area contributed by atoms with E-state index in [1.54, 1.807) is 0 Å². The fourth-order valence-corrected chi connectivity index (χ4v) is 2.29. The number of carbonyl (C=O) groups excluding carboxylic acids is 1. The van der Waals surface area contributed by atoms with Crippen molar-refractivity contribution in [2.24, 2.45) is 11.7 Å². The molecule has 1 aromatic carbocycles. The Balaban J connectivity index is 1.89. The summed E-state index contributed by atoms with van der Waals surface area (Å²) in [4.78, 5) is 12.0. The molecular weight excluding hydrogens is 240 g/mol. The van der Waals surface area contributed by atoms with E-state index >= 15 is 0 Å². The number of rotatable bonds is 5. The quantitative estimate of drug-likeness (QED) is 0.679. The second-order valence-electron chi connectivity index (χ2n) is 4.97. The fraction of sp³-hybridized carbons (Fsp3) is 0.400. The zero-order valence-electron chi connectivity index (χ0n) is 10.8. The molecule has 0 saturated carbocycles. The molecule has 2 unspecified atom stereocenters. The van der Waals surface area contributed by atoms with E-state index in [0.29, 0.717) is 12.8 Å². The second-order valence-corrected chi connectivity index (χ2v) is 4.97. The summed E-state index contributed by atoms with van der Waals surface area (Å²) in [6.45, 7) is -0.0663. The predicted octanol–water partition coefficient (Wildman–Crippen LogP) is 0.610. The molecule has 1 aromatic rings. The van der Waals surface area contributed by atoms with E-state index in [9.17, 15) is 9.90 Å². The van der Waals surface area contributed by atoms with Crippen LogP contribution in [0.1, 0.15) is 12.0 Å². The molecular formula is C15H20N2O2. The van der Waals surface area contributed by atoms with Crippen LogP contribution in [0.2, 0.25) is 0 Å². The summed E-state index contributed by atoms with van der Waals surface area (Å²) in [5.41, 5.74) is 6.83.